The number of nitro benzene ring substituents is 1. The highest BCUT2D eigenvalue weighted by Gasteiger charge is 2.13. The summed E-state index contributed by atoms with van der Waals surface area (Å²) in [5.41, 5.74) is 0.895. The largest absolute Gasteiger partial charge is 0.359 e. The summed E-state index contributed by atoms with van der Waals surface area (Å²) in [6.45, 7) is 1.16. The van der Waals surface area contributed by atoms with Gasteiger partial charge in [0.15, 0.2) is 0 Å². The Morgan fingerprint density at radius 3 is 2.79 bits per heavy atom. The Morgan fingerprint density at radius 2 is 2.21 bits per heavy atom. The molecule has 0 aliphatic carbocycles. The van der Waals surface area contributed by atoms with Crippen LogP contribution in [0.2, 0.25) is 0 Å². The minimum absolute atomic E-state index is 0.0198. The number of nitrogens with zero attached hydrogens (tertiary/aromatic N) is 2. The normalized spacial score (nSPS) is 10.5. The molecule has 0 unspecified atom stereocenters. The fraction of sp³-hybridized carbons (Fsp3) is 0.417. The van der Waals surface area contributed by atoms with E-state index >= 15 is 0 Å². The summed E-state index contributed by atoms with van der Waals surface area (Å²) < 4.78 is 0.467. The van der Waals surface area contributed by atoms with Crippen LogP contribution in [0, 0.1) is 10.1 Å². The van der Waals surface area contributed by atoms with Crippen molar-refractivity contribution in [3.63, 3.8) is 0 Å². The van der Waals surface area contributed by atoms with Gasteiger partial charge in [-0.05, 0) is 34.6 Å². The fourth-order valence-electron chi connectivity index (χ4n) is 1.60. The summed E-state index contributed by atoms with van der Waals surface area (Å²) >= 11 is 3.15. The number of benzene rings is 1. The van der Waals surface area contributed by atoms with E-state index in [0.29, 0.717) is 24.0 Å². The molecule has 0 fully saturated rings. The lowest BCUT2D eigenvalue weighted by molar-refractivity contribution is -0.385. The van der Waals surface area contributed by atoms with Gasteiger partial charge < -0.3 is 10.2 Å². The molecule has 0 aromatic heterocycles. The Morgan fingerprint density at radius 1 is 1.53 bits per heavy atom. The molecule has 1 aromatic rings. The van der Waals surface area contributed by atoms with Gasteiger partial charge in [0.05, 0.1) is 9.40 Å². The number of carbonyl (C=O) groups is 1. The van der Waals surface area contributed by atoms with Crippen molar-refractivity contribution in [1.82, 2.24) is 10.2 Å². The highest BCUT2D eigenvalue weighted by molar-refractivity contribution is 9.10. The maximum absolute atomic E-state index is 11.1. The predicted molar refractivity (Wildman–Crippen MR) is 75.8 cm³/mol. The third-order valence-corrected chi connectivity index (χ3v) is 3.33. The van der Waals surface area contributed by atoms with Gasteiger partial charge in [0.1, 0.15) is 0 Å². The van der Waals surface area contributed by atoms with Crippen molar-refractivity contribution in [3.05, 3.63) is 38.3 Å². The van der Waals surface area contributed by atoms with Gasteiger partial charge >= 0.3 is 0 Å². The number of carbonyl (C=O) groups excluding carboxylic acids is 1. The molecule has 1 aromatic carbocycles. The van der Waals surface area contributed by atoms with Gasteiger partial charge in [-0.3, -0.25) is 14.9 Å². The van der Waals surface area contributed by atoms with Crippen molar-refractivity contribution in [2.75, 3.05) is 20.6 Å². The van der Waals surface area contributed by atoms with Crippen molar-refractivity contribution in [3.8, 4) is 0 Å². The zero-order chi connectivity index (χ0) is 14.4. The molecule has 0 bridgehead atoms. The Balaban J connectivity index is 2.64. The van der Waals surface area contributed by atoms with Crippen LogP contribution in [0.25, 0.3) is 0 Å². The number of hydrogen-bond donors (Lipinski definition) is 1. The second kappa shape index (κ2) is 7.20. The third-order valence-electron chi connectivity index (χ3n) is 2.66. The van der Waals surface area contributed by atoms with Crippen LogP contribution in [0.5, 0.6) is 0 Å². The van der Waals surface area contributed by atoms with Gasteiger partial charge in [-0.15, -0.1) is 0 Å². The predicted octanol–water partition coefficient (Wildman–Crippen LogP) is 1.93. The fourth-order valence-corrected chi connectivity index (χ4v) is 2.00. The van der Waals surface area contributed by atoms with E-state index in [2.05, 4.69) is 21.2 Å². The van der Waals surface area contributed by atoms with Gasteiger partial charge in [0.25, 0.3) is 5.69 Å². The summed E-state index contributed by atoms with van der Waals surface area (Å²) in [4.78, 5) is 23.5. The van der Waals surface area contributed by atoms with Crippen LogP contribution in [-0.4, -0.2) is 36.4 Å². The summed E-state index contributed by atoms with van der Waals surface area (Å²) in [6, 6.07) is 5.04. The SMILES string of the molecule is CNC(=O)CCN(C)Cc1ccc(Br)c([N+](=O)[O-])c1. The molecule has 104 valence electrons. The molecule has 1 rings (SSSR count). The summed E-state index contributed by atoms with van der Waals surface area (Å²) in [7, 11) is 3.47. The number of hydrogen-bond acceptors (Lipinski definition) is 4. The average Bonchev–Trinajstić information content (AvgIpc) is 2.37. The van der Waals surface area contributed by atoms with E-state index < -0.39 is 4.92 Å². The highest BCUT2D eigenvalue weighted by atomic mass is 79.9. The lowest BCUT2D eigenvalue weighted by Crippen LogP contribution is -2.26. The number of nitro groups is 1. The van der Waals surface area contributed by atoms with Crippen molar-refractivity contribution < 1.29 is 9.72 Å². The molecule has 0 saturated carbocycles. The van der Waals surface area contributed by atoms with E-state index in [4.69, 9.17) is 0 Å². The molecule has 0 atom stereocenters. The number of halogens is 1. The zero-order valence-electron chi connectivity index (χ0n) is 10.9. The monoisotopic (exact) mass is 329 g/mol. The first-order chi connectivity index (χ1) is 8.93. The molecule has 0 aliphatic rings. The van der Waals surface area contributed by atoms with Gasteiger partial charge in [-0.25, -0.2) is 0 Å². The van der Waals surface area contributed by atoms with Crippen molar-refractivity contribution in [2.45, 2.75) is 13.0 Å². The molecular formula is C12H16BrN3O3. The number of rotatable bonds is 6. The first kappa shape index (κ1) is 15.6. The standard InChI is InChI=1S/C12H16BrN3O3/c1-14-12(17)5-6-15(2)8-9-3-4-10(13)11(7-9)16(18)19/h3-4,7H,5-6,8H2,1-2H3,(H,14,17). The van der Waals surface area contributed by atoms with Crippen LogP contribution < -0.4 is 5.32 Å². The minimum atomic E-state index is -0.419. The number of amides is 1. The lowest BCUT2D eigenvalue weighted by Gasteiger charge is -2.16. The Kier molecular flexibility index (Phi) is 5.91. The van der Waals surface area contributed by atoms with Gasteiger partial charge in [0.2, 0.25) is 5.91 Å². The molecule has 6 nitrogen and oxygen atoms in total. The maximum atomic E-state index is 11.1. The second-order valence-corrected chi connectivity index (χ2v) is 5.06. The Labute approximate surface area is 120 Å². The van der Waals surface area contributed by atoms with Gasteiger partial charge in [0, 0.05) is 32.6 Å². The molecule has 0 radical (unpaired) electrons. The van der Waals surface area contributed by atoms with Gasteiger partial charge in [-0.1, -0.05) is 6.07 Å². The van der Waals surface area contributed by atoms with E-state index in [0.717, 1.165) is 5.56 Å². The molecular weight excluding hydrogens is 314 g/mol. The van der Waals surface area contributed by atoms with Crippen LogP contribution in [0.15, 0.2) is 22.7 Å². The maximum Gasteiger partial charge on any atom is 0.283 e. The summed E-state index contributed by atoms with van der Waals surface area (Å²) in [6.07, 6.45) is 0.408. The molecule has 0 saturated heterocycles. The molecule has 0 heterocycles. The van der Waals surface area contributed by atoms with Crippen LogP contribution in [-0.2, 0) is 11.3 Å². The topological polar surface area (TPSA) is 75.5 Å². The van der Waals surface area contributed by atoms with Crippen molar-refractivity contribution in [2.24, 2.45) is 0 Å². The average molecular weight is 330 g/mol. The lowest BCUT2D eigenvalue weighted by atomic mass is 10.2. The Bertz CT molecular complexity index is 479. The summed E-state index contributed by atoms with van der Waals surface area (Å²) in [5, 5.41) is 13.4. The third kappa shape index (κ3) is 4.96. The molecule has 1 N–H and O–H groups in total. The smallest absolute Gasteiger partial charge is 0.283 e. The zero-order valence-corrected chi connectivity index (χ0v) is 12.4. The molecule has 1 amide bonds. The summed E-state index contributed by atoms with van der Waals surface area (Å²) in [5.74, 6) is -0.0198. The van der Waals surface area contributed by atoms with Gasteiger partial charge in [-0.2, -0.15) is 0 Å². The van der Waals surface area contributed by atoms with Crippen molar-refractivity contribution in [1.29, 1.82) is 0 Å². The first-order valence-electron chi connectivity index (χ1n) is 5.76. The van der Waals surface area contributed by atoms with Crippen LogP contribution in [0.1, 0.15) is 12.0 Å². The number of nitrogens with one attached hydrogen (secondary N) is 1. The van der Waals surface area contributed by atoms with E-state index in [1.165, 1.54) is 0 Å². The molecule has 19 heavy (non-hydrogen) atoms. The van der Waals surface area contributed by atoms with Crippen LogP contribution >= 0.6 is 15.9 Å². The Hall–Kier alpha value is -1.47. The van der Waals surface area contributed by atoms with Crippen LogP contribution in [0.4, 0.5) is 5.69 Å². The van der Waals surface area contributed by atoms with Crippen LogP contribution in [0.3, 0.4) is 0 Å². The minimum Gasteiger partial charge on any atom is -0.359 e. The van der Waals surface area contributed by atoms with E-state index in [1.807, 2.05) is 18.0 Å². The first-order valence-corrected chi connectivity index (χ1v) is 6.55. The van der Waals surface area contributed by atoms with E-state index in [9.17, 15) is 14.9 Å². The van der Waals surface area contributed by atoms with E-state index in [1.54, 1.807) is 19.2 Å². The molecule has 0 spiro atoms. The molecule has 7 heteroatoms. The quantitative estimate of drug-likeness (QED) is 0.639. The molecule has 0 aliphatic heterocycles. The second-order valence-electron chi connectivity index (χ2n) is 4.20. The highest BCUT2D eigenvalue weighted by Crippen LogP contribution is 2.25. The van der Waals surface area contributed by atoms with Crippen molar-refractivity contribution >= 4 is 27.5 Å². The van der Waals surface area contributed by atoms with E-state index in [-0.39, 0.29) is 11.6 Å².